The average Bonchev–Trinajstić information content (AvgIpc) is 2.75. The van der Waals surface area contributed by atoms with Gasteiger partial charge in [0.2, 0.25) is 0 Å². The molecule has 0 N–H and O–H groups in total. The summed E-state index contributed by atoms with van der Waals surface area (Å²) in [5.41, 5.74) is 7.04. The summed E-state index contributed by atoms with van der Waals surface area (Å²) in [5, 5.41) is 0. The summed E-state index contributed by atoms with van der Waals surface area (Å²) in [4.78, 5) is 11.7. The zero-order valence-electron chi connectivity index (χ0n) is 17.2. The van der Waals surface area contributed by atoms with Crippen molar-refractivity contribution in [2.45, 2.75) is 58.8 Å². The first-order valence-electron chi connectivity index (χ1n) is 10.7. The number of carbonyl (C=O) groups is 1. The third-order valence-electron chi connectivity index (χ3n) is 5.71. The fourth-order valence-corrected chi connectivity index (χ4v) is 3.67. The number of unbranched alkanes of at least 4 members (excludes halogenated alkanes) is 2. The molecule has 0 spiro atoms. The molecule has 0 aromatic heterocycles. The maximum absolute atomic E-state index is 11.7. The van der Waals surface area contributed by atoms with E-state index in [0.717, 1.165) is 44.9 Å². The molecular formula is C26H32O2. The highest BCUT2D eigenvalue weighted by Gasteiger charge is 2.13. The summed E-state index contributed by atoms with van der Waals surface area (Å²) >= 11 is 0. The van der Waals surface area contributed by atoms with Gasteiger partial charge >= 0.3 is 5.97 Å². The van der Waals surface area contributed by atoms with Gasteiger partial charge in [0.1, 0.15) is 0 Å². The standard InChI is InChI=1S/C26H32O2/c1-3-20(2)26(27)28-17-9-5-6-10-21-13-14-25-19-24(16-15-23(25)18-21)22-11-7-4-8-12-22/h4,7-8,11-14,18-20H,3,5-6,9-10,15-17H2,1-2H3. The van der Waals surface area contributed by atoms with E-state index in [-0.39, 0.29) is 11.9 Å². The van der Waals surface area contributed by atoms with Crippen molar-refractivity contribution in [1.82, 2.24) is 0 Å². The van der Waals surface area contributed by atoms with E-state index in [1.165, 1.54) is 27.8 Å². The van der Waals surface area contributed by atoms with Gasteiger partial charge in [-0.2, -0.15) is 0 Å². The van der Waals surface area contributed by atoms with Crippen LogP contribution in [-0.4, -0.2) is 12.6 Å². The Bertz CT molecular complexity index is 804. The summed E-state index contributed by atoms with van der Waals surface area (Å²) in [6, 6.07) is 17.6. The lowest BCUT2D eigenvalue weighted by molar-refractivity contribution is -0.148. The Kier molecular flexibility index (Phi) is 7.47. The van der Waals surface area contributed by atoms with Gasteiger partial charge in [0.15, 0.2) is 0 Å². The first-order valence-corrected chi connectivity index (χ1v) is 10.7. The summed E-state index contributed by atoms with van der Waals surface area (Å²) in [6.07, 6.45) is 9.73. The monoisotopic (exact) mass is 376 g/mol. The van der Waals surface area contributed by atoms with E-state index in [0.29, 0.717) is 6.61 Å². The molecule has 0 saturated carbocycles. The number of carbonyl (C=O) groups excluding carboxylic acids is 1. The van der Waals surface area contributed by atoms with E-state index in [1.54, 1.807) is 0 Å². The molecule has 0 heterocycles. The van der Waals surface area contributed by atoms with Crippen molar-refractivity contribution < 1.29 is 9.53 Å². The van der Waals surface area contributed by atoms with Crippen LogP contribution in [0.5, 0.6) is 0 Å². The number of fused-ring (bicyclic) bond motifs is 1. The van der Waals surface area contributed by atoms with E-state index >= 15 is 0 Å². The van der Waals surface area contributed by atoms with Crippen LogP contribution in [0.3, 0.4) is 0 Å². The van der Waals surface area contributed by atoms with E-state index < -0.39 is 0 Å². The minimum Gasteiger partial charge on any atom is -0.465 e. The topological polar surface area (TPSA) is 26.3 Å². The van der Waals surface area contributed by atoms with Gasteiger partial charge in [0, 0.05) is 0 Å². The zero-order valence-corrected chi connectivity index (χ0v) is 17.2. The maximum Gasteiger partial charge on any atom is 0.308 e. The minimum atomic E-state index is -0.0554. The third-order valence-corrected chi connectivity index (χ3v) is 5.71. The van der Waals surface area contributed by atoms with Crippen LogP contribution in [0.25, 0.3) is 11.6 Å². The SMILES string of the molecule is CCC(C)C(=O)OCCCCCc1ccc2c(c1)CCC(c1ccccc1)=C2. The third kappa shape index (κ3) is 5.58. The summed E-state index contributed by atoms with van der Waals surface area (Å²) < 4.78 is 5.32. The van der Waals surface area contributed by atoms with Crippen molar-refractivity contribution in [2.24, 2.45) is 5.92 Å². The van der Waals surface area contributed by atoms with Crippen LogP contribution in [-0.2, 0) is 22.4 Å². The predicted molar refractivity (Wildman–Crippen MR) is 117 cm³/mol. The Hall–Kier alpha value is -2.35. The van der Waals surface area contributed by atoms with Crippen LogP contribution in [0.4, 0.5) is 0 Å². The molecule has 0 aliphatic heterocycles. The molecule has 0 fully saturated rings. The van der Waals surface area contributed by atoms with Gasteiger partial charge in [-0.3, -0.25) is 4.79 Å². The van der Waals surface area contributed by atoms with Crippen LogP contribution in [0.15, 0.2) is 48.5 Å². The van der Waals surface area contributed by atoms with Crippen LogP contribution >= 0.6 is 0 Å². The lowest BCUT2D eigenvalue weighted by Gasteiger charge is -2.18. The molecule has 2 aromatic rings. The first kappa shape index (κ1) is 20.4. The Balaban J connectivity index is 1.45. The minimum absolute atomic E-state index is 0.0203. The largest absolute Gasteiger partial charge is 0.465 e. The van der Waals surface area contributed by atoms with Crippen molar-refractivity contribution in [3.8, 4) is 0 Å². The lowest BCUT2D eigenvalue weighted by Crippen LogP contribution is -2.14. The Labute approximate surface area is 169 Å². The molecule has 0 radical (unpaired) electrons. The van der Waals surface area contributed by atoms with E-state index in [1.807, 2.05) is 13.8 Å². The van der Waals surface area contributed by atoms with Crippen molar-refractivity contribution in [3.63, 3.8) is 0 Å². The highest BCUT2D eigenvalue weighted by molar-refractivity contribution is 5.84. The van der Waals surface area contributed by atoms with Crippen LogP contribution in [0.2, 0.25) is 0 Å². The lowest BCUT2D eigenvalue weighted by atomic mass is 9.87. The summed E-state index contributed by atoms with van der Waals surface area (Å²) in [7, 11) is 0. The number of aryl methyl sites for hydroxylation is 2. The molecule has 0 bridgehead atoms. The van der Waals surface area contributed by atoms with E-state index in [2.05, 4.69) is 54.6 Å². The molecule has 148 valence electrons. The zero-order chi connectivity index (χ0) is 19.8. The molecule has 0 amide bonds. The quantitative estimate of drug-likeness (QED) is 0.370. The van der Waals surface area contributed by atoms with Gasteiger partial charge in [-0.15, -0.1) is 0 Å². The van der Waals surface area contributed by atoms with Gasteiger partial charge in [0.05, 0.1) is 12.5 Å². The normalized spacial score (nSPS) is 14.1. The summed E-state index contributed by atoms with van der Waals surface area (Å²) in [6.45, 7) is 4.50. The molecule has 28 heavy (non-hydrogen) atoms. The number of allylic oxidation sites excluding steroid dienone is 1. The second-order valence-electron chi connectivity index (χ2n) is 7.86. The van der Waals surface area contributed by atoms with Gasteiger partial charge < -0.3 is 4.74 Å². The Morgan fingerprint density at radius 1 is 1.04 bits per heavy atom. The van der Waals surface area contributed by atoms with Crippen molar-refractivity contribution >= 4 is 17.6 Å². The molecule has 1 aliphatic carbocycles. The predicted octanol–water partition coefficient (Wildman–Crippen LogP) is 6.48. The first-order chi connectivity index (χ1) is 13.7. The van der Waals surface area contributed by atoms with E-state index in [4.69, 9.17) is 4.74 Å². The number of esters is 1. The second kappa shape index (κ2) is 10.3. The van der Waals surface area contributed by atoms with Crippen LogP contribution in [0.1, 0.15) is 68.2 Å². The fourth-order valence-electron chi connectivity index (χ4n) is 3.67. The molecule has 0 saturated heterocycles. The van der Waals surface area contributed by atoms with Crippen molar-refractivity contribution in [1.29, 1.82) is 0 Å². The van der Waals surface area contributed by atoms with Crippen LogP contribution in [0, 0.1) is 5.92 Å². The highest BCUT2D eigenvalue weighted by Crippen LogP contribution is 2.31. The van der Waals surface area contributed by atoms with E-state index in [9.17, 15) is 4.79 Å². The number of hydrogen-bond donors (Lipinski definition) is 0. The molecule has 3 rings (SSSR count). The van der Waals surface area contributed by atoms with Crippen molar-refractivity contribution in [3.05, 3.63) is 70.8 Å². The molecule has 1 unspecified atom stereocenters. The highest BCUT2D eigenvalue weighted by atomic mass is 16.5. The average molecular weight is 377 g/mol. The molecule has 1 aliphatic rings. The molecule has 2 heteroatoms. The molecule has 1 atom stereocenters. The number of rotatable bonds is 9. The van der Waals surface area contributed by atoms with Gasteiger partial charge in [-0.05, 0) is 72.8 Å². The summed E-state index contributed by atoms with van der Waals surface area (Å²) in [5.74, 6) is -0.0351. The van der Waals surface area contributed by atoms with Gasteiger partial charge in [0.25, 0.3) is 0 Å². The Morgan fingerprint density at radius 3 is 2.64 bits per heavy atom. The Morgan fingerprint density at radius 2 is 1.86 bits per heavy atom. The van der Waals surface area contributed by atoms with Gasteiger partial charge in [-0.1, -0.05) is 68.5 Å². The smallest absolute Gasteiger partial charge is 0.308 e. The fraction of sp³-hybridized carbons (Fsp3) is 0.423. The number of hydrogen-bond acceptors (Lipinski definition) is 2. The molecule has 2 nitrogen and oxygen atoms in total. The number of ether oxygens (including phenoxy) is 1. The van der Waals surface area contributed by atoms with Gasteiger partial charge in [-0.25, -0.2) is 0 Å². The van der Waals surface area contributed by atoms with Crippen molar-refractivity contribution in [2.75, 3.05) is 6.61 Å². The number of benzene rings is 2. The van der Waals surface area contributed by atoms with Crippen LogP contribution < -0.4 is 0 Å². The second-order valence-corrected chi connectivity index (χ2v) is 7.86. The molecular weight excluding hydrogens is 344 g/mol. The molecule has 2 aromatic carbocycles. The maximum atomic E-state index is 11.7.